The van der Waals surface area contributed by atoms with Gasteiger partial charge < -0.3 is 14.8 Å². The zero-order chi connectivity index (χ0) is 23.0. The lowest BCUT2D eigenvalue weighted by atomic mass is 10.1. The lowest BCUT2D eigenvalue weighted by molar-refractivity contribution is 0.0950. The molecular weight excluding hydrogens is 448 g/mol. The number of hydrogen-bond donors (Lipinski definition) is 2. The molecule has 0 fully saturated rings. The Morgan fingerprint density at radius 1 is 1.06 bits per heavy atom. The van der Waals surface area contributed by atoms with Gasteiger partial charge in [-0.15, -0.1) is 11.3 Å². The van der Waals surface area contributed by atoms with Crippen LogP contribution >= 0.6 is 11.3 Å². The van der Waals surface area contributed by atoms with Crippen molar-refractivity contribution in [1.82, 2.24) is 10.0 Å². The van der Waals surface area contributed by atoms with Crippen molar-refractivity contribution in [2.24, 2.45) is 0 Å². The Bertz CT molecular complexity index is 1130. The summed E-state index contributed by atoms with van der Waals surface area (Å²) in [6, 6.07) is 15.2. The summed E-state index contributed by atoms with van der Waals surface area (Å²) in [6.45, 7) is 3.04. The Morgan fingerprint density at radius 2 is 1.84 bits per heavy atom. The molecule has 1 heterocycles. The van der Waals surface area contributed by atoms with Crippen LogP contribution in [0, 0.1) is 0 Å². The number of carbonyl (C=O) groups is 1. The summed E-state index contributed by atoms with van der Waals surface area (Å²) in [5.41, 5.74) is 1.23. The van der Waals surface area contributed by atoms with Gasteiger partial charge >= 0.3 is 0 Å². The highest BCUT2D eigenvalue weighted by molar-refractivity contribution is 7.89. The molecule has 0 saturated heterocycles. The number of rotatable bonds is 11. The molecule has 3 aromatic rings. The predicted octanol–water partition coefficient (Wildman–Crippen LogP) is 3.61. The zero-order valence-electron chi connectivity index (χ0n) is 18.0. The largest absolute Gasteiger partial charge is 0.493 e. The van der Waals surface area contributed by atoms with Crippen molar-refractivity contribution in [2.75, 3.05) is 20.3 Å². The van der Waals surface area contributed by atoms with Gasteiger partial charge in [0.05, 0.1) is 18.6 Å². The Hall–Kier alpha value is -2.88. The lowest BCUT2D eigenvalue weighted by Crippen LogP contribution is -2.26. The molecule has 170 valence electrons. The lowest BCUT2D eigenvalue weighted by Gasteiger charge is -2.12. The number of hydrogen-bond acceptors (Lipinski definition) is 6. The molecule has 2 N–H and O–H groups in total. The average Bonchev–Trinajstić information content (AvgIpc) is 3.32. The molecule has 0 aliphatic rings. The number of sulfonamides is 1. The van der Waals surface area contributed by atoms with Crippen molar-refractivity contribution in [3.63, 3.8) is 0 Å². The van der Waals surface area contributed by atoms with Crippen LogP contribution in [-0.4, -0.2) is 34.6 Å². The minimum Gasteiger partial charge on any atom is -0.493 e. The van der Waals surface area contributed by atoms with Crippen LogP contribution in [0.25, 0.3) is 0 Å². The van der Waals surface area contributed by atoms with E-state index in [0.717, 1.165) is 10.4 Å². The first-order chi connectivity index (χ1) is 15.4. The number of ether oxygens (including phenoxy) is 2. The van der Waals surface area contributed by atoms with Gasteiger partial charge in [0.15, 0.2) is 11.5 Å². The van der Waals surface area contributed by atoms with Crippen LogP contribution in [-0.2, 0) is 23.0 Å². The second kappa shape index (κ2) is 11.1. The second-order valence-corrected chi connectivity index (χ2v) is 9.65. The normalized spacial score (nSPS) is 11.2. The van der Waals surface area contributed by atoms with E-state index < -0.39 is 10.0 Å². The van der Waals surface area contributed by atoms with Gasteiger partial charge in [-0.1, -0.05) is 12.1 Å². The van der Waals surface area contributed by atoms with Crippen LogP contribution in [0.5, 0.6) is 11.5 Å². The summed E-state index contributed by atoms with van der Waals surface area (Å²) >= 11 is 1.59. The fourth-order valence-electron chi connectivity index (χ4n) is 3.01. The molecule has 0 unspecified atom stereocenters. The van der Waals surface area contributed by atoms with E-state index in [0.29, 0.717) is 43.2 Å². The monoisotopic (exact) mass is 474 g/mol. The zero-order valence-corrected chi connectivity index (χ0v) is 19.6. The van der Waals surface area contributed by atoms with E-state index >= 15 is 0 Å². The van der Waals surface area contributed by atoms with Gasteiger partial charge in [0.25, 0.3) is 5.91 Å². The van der Waals surface area contributed by atoms with Crippen LogP contribution in [0.4, 0.5) is 0 Å². The predicted molar refractivity (Wildman–Crippen MR) is 125 cm³/mol. The molecular formula is C23H26N2O5S2. The number of amides is 1. The van der Waals surface area contributed by atoms with Crippen LogP contribution in [0.2, 0.25) is 0 Å². The van der Waals surface area contributed by atoms with Crippen molar-refractivity contribution in [3.8, 4) is 11.5 Å². The van der Waals surface area contributed by atoms with Crippen molar-refractivity contribution < 1.29 is 22.7 Å². The molecule has 7 nitrogen and oxygen atoms in total. The molecule has 0 aliphatic carbocycles. The van der Waals surface area contributed by atoms with E-state index in [1.165, 1.54) is 24.3 Å². The van der Waals surface area contributed by atoms with E-state index in [2.05, 4.69) is 10.0 Å². The molecule has 1 amide bonds. The van der Waals surface area contributed by atoms with Gasteiger partial charge in [-0.05, 0) is 66.8 Å². The van der Waals surface area contributed by atoms with Crippen molar-refractivity contribution in [1.29, 1.82) is 0 Å². The fraction of sp³-hybridized carbons (Fsp3) is 0.261. The summed E-state index contributed by atoms with van der Waals surface area (Å²) in [6.07, 6.45) is 0.633. The standard InChI is InChI=1S/C23H26N2O5S2/c1-3-30-21-11-6-17(15-22(21)29-2)16-24-23(26)18-7-9-20(10-8-18)32(27,28)25-13-12-19-5-4-14-31-19/h4-11,14-15,25H,3,12-13,16H2,1-2H3,(H,24,26). The molecule has 9 heteroatoms. The van der Waals surface area contributed by atoms with Crippen LogP contribution in [0.15, 0.2) is 64.9 Å². The number of carbonyl (C=O) groups excluding carboxylic acids is 1. The van der Waals surface area contributed by atoms with Crippen LogP contribution in [0.3, 0.4) is 0 Å². The van der Waals surface area contributed by atoms with Gasteiger partial charge in [-0.3, -0.25) is 4.79 Å². The number of nitrogens with one attached hydrogen (secondary N) is 2. The molecule has 0 radical (unpaired) electrons. The quantitative estimate of drug-likeness (QED) is 0.443. The van der Waals surface area contributed by atoms with Crippen molar-refractivity contribution >= 4 is 27.3 Å². The minimum atomic E-state index is -3.63. The maximum Gasteiger partial charge on any atom is 0.251 e. The first kappa shape index (κ1) is 23.8. The first-order valence-corrected chi connectivity index (χ1v) is 12.5. The maximum absolute atomic E-state index is 12.5. The number of thiophene rings is 1. The van der Waals surface area contributed by atoms with E-state index in [-0.39, 0.29) is 10.8 Å². The molecule has 32 heavy (non-hydrogen) atoms. The van der Waals surface area contributed by atoms with Crippen LogP contribution in [0.1, 0.15) is 27.7 Å². The van der Waals surface area contributed by atoms with Gasteiger partial charge in [0, 0.05) is 23.5 Å². The summed E-state index contributed by atoms with van der Waals surface area (Å²) in [7, 11) is -2.07. The number of methoxy groups -OCH3 is 1. The highest BCUT2D eigenvalue weighted by Crippen LogP contribution is 2.28. The van der Waals surface area contributed by atoms with Gasteiger partial charge in [-0.25, -0.2) is 13.1 Å². The highest BCUT2D eigenvalue weighted by Gasteiger charge is 2.15. The Kier molecular flexibility index (Phi) is 8.26. The van der Waals surface area contributed by atoms with Gasteiger partial charge in [-0.2, -0.15) is 0 Å². The third kappa shape index (κ3) is 6.32. The molecule has 3 rings (SSSR count). The van der Waals surface area contributed by atoms with Gasteiger partial charge in [0.2, 0.25) is 10.0 Å². The van der Waals surface area contributed by atoms with E-state index in [1.54, 1.807) is 24.5 Å². The Balaban J connectivity index is 1.56. The third-order valence-corrected chi connectivity index (χ3v) is 7.06. The Labute approximate surface area is 192 Å². The van der Waals surface area contributed by atoms with E-state index in [9.17, 15) is 13.2 Å². The summed E-state index contributed by atoms with van der Waals surface area (Å²) < 4.78 is 38.3. The summed E-state index contributed by atoms with van der Waals surface area (Å²) in [5.74, 6) is 0.943. The maximum atomic E-state index is 12.5. The molecule has 0 saturated carbocycles. The average molecular weight is 475 g/mol. The van der Waals surface area contributed by atoms with E-state index in [4.69, 9.17) is 9.47 Å². The summed E-state index contributed by atoms with van der Waals surface area (Å²) in [4.78, 5) is 13.7. The van der Waals surface area contributed by atoms with Gasteiger partial charge in [0.1, 0.15) is 0 Å². The van der Waals surface area contributed by atoms with Crippen molar-refractivity contribution in [2.45, 2.75) is 24.8 Å². The second-order valence-electron chi connectivity index (χ2n) is 6.85. The fourth-order valence-corrected chi connectivity index (χ4v) is 4.75. The van der Waals surface area contributed by atoms with Crippen molar-refractivity contribution in [3.05, 3.63) is 76.0 Å². The highest BCUT2D eigenvalue weighted by atomic mass is 32.2. The SMILES string of the molecule is CCOc1ccc(CNC(=O)c2ccc(S(=O)(=O)NCCc3cccs3)cc2)cc1OC. The molecule has 1 aromatic heterocycles. The third-order valence-electron chi connectivity index (χ3n) is 4.65. The smallest absolute Gasteiger partial charge is 0.251 e. The molecule has 0 spiro atoms. The molecule has 0 atom stereocenters. The topological polar surface area (TPSA) is 93.7 Å². The van der Waals surface area contributed by atoms with Crippen LogP contribution < -0.4 is 19.5 Å². The first-order valence-electron chi connectivity index (χ1n) is 10.1. The van der Waals surface area contributed by atoms with E-state index in [1.807, 2.05) is 36.6 Å². The Morgan fingerprint density at radius 3 is 2.50 bits per heavy atom. The molecule has 0 aliphatic heterocycles. The molecule has 0 bridgehead atoms. The number of benzene rings is 2. The minimum absolute atomic E-state index is 0.122. The molecule has 2 aromatic carbocycles. The summed E-state index contributed by atoms with van der Waals surface area (Å²) in [5, 5.41) is 4.79.